The molecule has 2 aliphatic carbocycles. The van der Waals surface area contributed by atoms with E-state index in [0.29, 0.717) is 6.42 Å². The van der Waals surface area contributed by atoms with Gasteiger partial charge in [0.05, 0.1) is 13.2 Å². The van der Waals surface area contributed by atoms with E-state index in [1.807, 2.05) is 20.8 Å². The van der Waals surface area contributed by atoms with Gasteiger partial charge >= 0.3 is 5.97 Å². The number of aliphatic hydroxyl groups excluding tert-OH is 5. The summed E-state index contributed by atoms with van der Waals surface area (Å²) in [6.07, 6.45) is -4.99. The smallest absolute Gasteiger partial charge is 0.336 e. The van der Waals surface area contributed by atoms with Gasteiger partial charge in [-0.1, -0.05) is 32.4 Å². The maximum Gasteiger partial charge on any atom is 0.336 e. The van der Waals surface area contributed by atoms with E-state index in [2.05, 4.69) is 6.08 Å². The SMILES string of the molecule is C[C@@H]1[C@@H]2C[C@]3(C(=CC[C@@H]3C)[C@@]1(C)CO[C@@H]1O[C@H](CO)[C@@H](O)[C@H](O)[C@H]1O)[C@H](O)C(=O)O2. The molecule has 2 heterocycles. The zero-order valence-corrected chi connectivity index (χ0v) is 17.5. The monoisotopic (exact) mass is 428 g/mol. The van der Waals surface area contributed by atoms with Crippen molar-refractivity contribution in [1.29, 1.82) is 0 Å². The standard InChI is InChI=1S/C21H32O9/c1-9-4-5-13-20(3,10(2)11-6-21(9,13)17(26)18(27)29-11)8-28-19-16(25)15(24)14(23)12(7-22)30-19/h5,9-12,14-17,19,22-26H,4,6-8H2,1-3H3/t9-,10+,11-,12+,14+,15-,16+,17+,19+,20-,21-/m0/s1. The number of carbonyl (C=O) groups is 1. The number of hydrogen-bond donors (Lipinski definition) is 5. The molecule has 11 atom stereocenters. The van der Waals surface area contributed by atoms with Crippen LogP contribution in [0.2, 0.25) is 0 Å². The third-order valence-electron chi connectivity index (χ3n) is 8.15. The third-order valence-corrected chi connectivity index (χ3v) is 8.15. The Bertz CT molecular complexity index is 723. The molecule has 3 fully saturated rings. The normalized spacial score (nSPS) is 53.1. The number of hydrogen-bond acceptors (Lipinski definition) is 9. The molecular weight excluding hydrogens is 396 g/mol. The maximum atomic E-state index is 12.4. The van der Waals surface area contributed by atoms with Crippen LogP contribution in [0.3, 0.4) is 0 Å². The molecule has 1 spiro atoms. The molecule has 1 saturated carbocycles. The van der Waals surface area contributed by atoms with Crippen molar-refractivity contribution in [3.8, 4) is 0 Å². The number of allylic oxidation sites excluding steroid dienone is 1. The van der Waals surface area contributed by atoms with Gasteiger partial charge in [0, 0.05) is 16.7 Å². The van der Waals surface area contributed by atoms with Crippen molar-refractivity contribution >= 4 is 5.97 Å². The lowest BCUT2D eigenvalue weighted by molar-refractivity contribution is -0.308. The summed E-state index contributed by atoms with van der Waals surface area (Å²) >= 11 is 0. The Kier molecular flexibility index (Phi) is 5.54. The third kappa shape index (κ3) is 2.91. The molecule has 0 aromatic heterocycles. The molecule has 9 heteroatoms. The molecule has 4 aliphatic rings. The van der Waals surface area contributed by atoms with E-state index < -0.39 is 60.2 Å². The Morgan fingerprint density at radius 2 is 1.87 bits per heavy atom. The second-order valence-corrected chi connectivity index (χ2v) is 9.59. The summed E-state index contributed by atoms with van der Waals surface area (Å²) in [4.78, 5) is 12.4. The fourth-order valence-corrected chi connectivity index (χ4v) is 5.97. The fraction of sp³-hybridized carbons (Fsp3) is 0.857. The zero-order chi connectivity index (χ0) is 22.0. The molecule has 2 aliphatic heterocycles. The average Bonchev–Trinajstić information content (AvgIpc) is 3.05. The van der Waals surface area contributed by atoms with E-state index in [-0.39, 0.29) is 24.5 Å². The van der Waals surface area contributed by atoms with Crippen LogP contribution in [-0.4, -0.2) is 87.6 Å². The first-order valence-electron chi connectivity index (χ1n) is 10.6. The number of ether oxygens (including phenoxy) is 3. The number of fused-ring (bicyclic) bond motifs is 1. The van der Waals surface area contributed by atoms with Crippen LogP contribution >= 0.6 is 0 Å². The number of esters is 1. The average molecular weight is 428 g/mol. The lowest BCUT2D eigenvalue weighted by Crippen LogP contribution is -2.64. The highest BCUT2D eigenvalue weighted by atomic mass is 16.7. The highest BCUT2D eigenvalue weighted by molar-refractivity contribution is 5.78. The first kappa shape index (κ1) is 22.1. The van der Waals surface area contributed by atoms with Gasteiger partial charge in [-0.3, -0.25) is 0 Å². The highest BCUT2D eigenvalue weighted by Gasteiger charge is 2.66. The minimum Gasteiger partial charge on any atom is -0.460 e. The molecular formula is C21H32O9. The summed E-state index contributed by atoms with van der Waals surface area (Å²) in [7, 11) is 0. The molecule has 0 aromatic rings. The van der Waals surface area contributed by atoms with Crippen molar-refractivity contribution in [1.82, 2.24) is 0 Å². The predicted octanol–water partition coefficient (Wildman–Crippen LogP) is -0.912. The molecule has 0 amide bonds. The largest absolute Gasteiger partial charge is 0.460 e. The predicted molar refractivity (Wildman–Crippen MR) is 102 cm³/mol. The van der Waals surface area contributed by atoms with Crippen LogP contribution in [0.5, 0.6) is 0 Å². The lowest BCUT2D eigenvalue weighted by atomic mass is 9.50. The molecule has 9 nitrogen and oxygen atoms in total. The Hall–Kier alpha value is -1.07. The van der Waals surface area contributed by atoms with Crippen LogP contribution in [0.4, 0.5) is 0 Å². The zero-order valence-electron chi connectivity index (χ0n) is 17.5. The Balaban J connectivity index is 1.60. The first-order chi connectivity index (χ1) is 14.1. The van der Waals surface area contributed by atoms with Gasteiger partial charge in [0.15, 0.2) is 12.4 Å². The summed E-state index contributed by atoms with van der Waals surface area (Å²) in [5.41, 5.74) is -0.367. The summed E-state index contributed by atoms with van der Waals surface area (Å²) in [6, 6.07) is 0. The molecule has 2 bridgehead atoms. The van der Waals surface area contributed by atoms with Crippen molar-refractivity contribution in [2.75, 3.05) is 13.2 Å². The van der Waals surface area contributed by atoms with Crippen LogP contribution in [0.15, 0.2) is 11.6 Å². The van der Waals surface area contributed by atoms with Crippen LogP contribution in [0.25, 0.3) is 0 Å². The minimum absolute atomic E-state index is 0.0666. The van der Waals surface area contributed by atoms with E-state index in [4.69, 9.17) is 14.2 Å². The van der Waals surface area contributed by atoms with E-state index in [9.17, 15) is 30.3 Å². The van der Waals surface area contributed by atoms with Gasteiger partial charge in [0.1, 0.15) is 30.5 Å². The van der Waals surface area contributed by atoms with Crippen LogP contribution in [-0.2, 0) is 19.0 Å². The Morgan fingerprint density at radius 3 is 2.53 bits per heavy atom. The van der Waals surface area contributed by atoms with E-state index in [1.54, 1.807) is 0 Å². The van der Waals surface area contributed by atoms with Crippen molar-refractivity contribution < 1.29 is 44.5 Å². The van der Waals surface area contributed by atoms with E-state index in [1.165, 1.54) is 0 Å². The summed E-state index contributed by atoms with van der Waals surface area (Å²) < 4.78 is 16.9. The van der Waals surface area contributed by atoms with E-state index >= 15 is 0 Å². The van der Waals surface area contributed by atoms with Crippen molar-refractivity contribution in [2.45, 2.75) is 76.5 Å². The molecule has 4 rings (SSSR count). The second kappa shape index (κ2) is 7.51. The maximum absolute atomic E-state index is 12.4. The molecule has 0 aromatic carbocycles. The van der Waals surface area contributed by atoms with Gasteiger partial charge in [-0.2, -0.15) is 0 Å². The van der Waals surface area contributed by atoms with E-state index in [0.717, 1.165) is 12.0 Å². The van der Waals surface area contributed by atoms with Crippen molar-refractivity contribution in [3.63, 3.8) is 0 Å². The summed E-state index contributed by atoms with van der Waals surface area (Å²) in [5.74, 6) is -0.643. The Morgan fingerprint density at radius 1 is 1.17 bits per heavy atom. The van der Waals surface area contributed by atoms with Crippen LogP contribution < -0.4 is 0 Å². The molecule has 5 N–H and O–H groups in total. The minimum atomic E-state index is -1.52. The Labute approximate surface area is 175 Å². The number of aliphatic hydroxyl groups is 5. The topological polar surface area (TPSA) is 146 Å². The molecule has 0 radical (unpaired) electrons. The van der Waals surface area contributed by atoms with Crippen LogP contribution in [0.1, 0.15) is 33.6 Å². The van der Waals surface area contributed by atoms with Crippen LogP contribution in [0, 0.1) is 22.7 Å². The molecule has 170 valence electrons. The van der Waals surface area contributed by atoms with Gasteiger partial charge in [-0.25, -0.2) is 4.79 Å². The van der Waals surface area contributed by atoms with Gasteiger partial charge in [0.2, 0.25) is 0 Å². The van der Waals surface area contributed by atoms with Gasteiger partial charge < -0.3 is 39.7 Å². The molecule has 2 saturated heterocycles. The highest BCUT2D eigenvalue weighted by Crippen LogP contribution is 2.64. The fourth-order valence-electron chi connectivity index (χ4n) is 5.97. The first-order valence-corrected chi connectivity index (χ1v) is 10.6. The summed E-state index contributed by atoms with van der Waals surface area (Å²) in [6.45, 7) is 5.53. The van der Waals surface area contributed by atoms with Gasteiger partial charge in [-0.15, -0.1) is 0 Å². The summed E-state index contributed by atoms with van der Waals surface area (Å²) in [5, 5.41) is 50.5. The molecule has 30 heavy (non-hydrogen) atoms. The van der Waals surface area contributed by atoms with Gasteiger partial charge in [-0.05, 0) is 18.8 Å². The van der Waals surface area contributed by atoms with Crippen molar-refractivity contribution in [2.24, 2.45) is 22.7 Å². The van der Waals surface area contributed by atoms with Gasteiger partial charge in [0.25, 0.3) is 0 Å². The quantitative estimate of drug-likeness (QED) is 0.284. The molecule has 0 unspecified atom stereocenters. The number of carbonyl (C=O) groups excluding carboxylic acids is 1. The second-order valence-electron chi connectivity index (χ2n) is 9.59. The van der Waals surface area contributed by atoms with Crippen molar-refractivity contribution in [3.05, 3.63) is 11.6 Å². The lowest BCUT2D eigenvalue weighted by Gasteiger charge is -2.58. The number of rotatable bonds is 4.